The van der Waals surface area contributed by atoms with E-state index in [1.54, 1.807) is 29.8 Å². The molecule has 116 valence electrons. The molecule has 1 aromatic carbocycles. The van der Waals surface area contributed by atoms with Gasteiger partial charge in [-0.3, -0.25) is 20.4 Å². The van der Waals surface area contributed by atoms with Crippen molar-refractivity contribution in [2.75, 3.05) is 5.75 Å². The van der Waals surface area contributed by atoms with Crippen molar-refractivity contribution in [1.82, 2.24) is 25.6 Å². The first-order chi connectivity index (χ1) is 10.5. The third-order valence-corrected chi connectivity index (χ3v) is 3.68. The maximum Gasteiger partial charge on any atom is 0.248 e. The molecule has 0 aliphatic heterocycles. The Morgan fingerprint density at radius 1 is 1.27 bits per heavy atom. The molecule has 2 aromatic rings. The van der Waals surface area contributed by atoms with E-state index in [-0.39, 0.29) is 17.6 Å². The number of amides is 2. The number of hydrogen-bond acceptors (Lipinski definition) is 5. The van der Waals surface area contributed by atoms with Crippen LogP contribution in [0.15, 0.2) is 29.4 Å². The van der Waals surface area contributed by atoms with Crippen LogP contribution >= 0.6 is 11.8 Å². The average Bonchev–Trinajstić information content (AvgIpc) is 2.84. The number of halogens is 1. The van der Waals surface area contributed by atoms with Crippen LogP contribution in [0.1, 0.15) is 6.92 Å². The highest BCUT2D eigenvalue weighted by Gasteiger charge is 2.15. The van der Waals surface area contributed by atoms with Gasteiger partial charge >= 0.3 is 0 Å². The summed E-state index contributed by atoms with van der Waals surface area (Å²) in [6.07, 6.45) is 0. The third-order valence-electron chi connectivity index (χ3n) is 2.66. The second kappa shape index (κ2) is 7.03. The van der Waals surface area contributed by atoms with E-state index in [9.17, 15) is 14.0 Å². The number of rotatable bonds is 4. The second-order valence-corrected chi connectivity index (χ2v) is 5.31. The Bertz CT molecular complexity index is 703. The Labute approximate surface area is 130 Å². The van der Waals surface area contributed by atoms with Gasteiger partial charge in [0.2, 0.25) is 11.8 Å². The molecule has 0 aliphatic rings. The summed E-state index contributed by atoms with van der Waals surface area (Å²) in [7, 11) is 1.69. The molecule has 0 saturated carbocycles. The predicted octanol–water partition coefficient (Wildman–Crippen LogP) is 0.881. The molecular weight excluding hydrogens is 309 g/mol. The van der Waals surface area contributed by atoms with Crippen molar-refractivity contribution in [3.63, 3.8) is 0 Å². The fourth-order valence-corrected chi connectivity index (χ4v) is 2.35. The Kier molecular flexibility index (Phi) is 5.10. The SMILES string of the molecule is CC(=O)NNC(=O)CSc1nnc(-c2ccccc2F)n1C. The van der Waals surface area contributed by atoms with Crippen LogP contribution in [0.2, 0.25) is 0 Å². The summed E-state index contributed by atoms with van der Waals surface area (Å²) < 4.78 is 15.4. The number of aromatic nitrogens is 3. The van der Waals surface area contributed by atoms with Crippen molar-refractivity contribution in [3.05, 3.63) is 30.1 Å². The molecule has 7 nitrogen and oxygen atoms in total. The van der Waals surface area contributed by atoms with E-state index in [2.05, 4.69) is 21.0 Å². The van der Waals surface area contributed by atoms with Gasteiger partial charge in [0.15, 0.2) is 11.0 Å². The lowest BCUT2D eigenvalue weighted by Crippen LogP contribution is -2.41. The minimum Gasteiger partial charge on any atom is -0.305 e. The van der Waals surface area contributed by atoms with Crippen LogP contribution < -0.4 is 10.9 Å². The Hall–Kier alpha value is -2.42. The summed E-state index contributed by atoms with van der Waals surface area (Å²) in [5, 5.41) is 8.36. The van der Waals surface area contributed by atoms with Crippen LogP contribution in [-0.4, -0.2) is 32.3 Å². The van der Waals surface area contributed by atoms with E-state index >= 15 is 0 Å². The normalized spacial score (nSPS) is 10.3. The Balaban J connectivity index is 2.04. The first-order valence-corrected chi connectivity index (χ1v) is 7.30. The third kappa shape index (κ3) is 3.82. The number of hydrogen-bond donors (Lipinski definition) is 2. The molecular formula is C13H14FN5O2S. The van der Waals surface area contributed by atoms with E-state index in [1.807, 2.05) is 0 Å². The highest BCUT2D eigenvalue weighted by molar-refractivity contribution is 7.99. The van der Waals surface area contributed by atoms with E-state index in [0.717, 1.165) is 11.8 Å². The monoisotopic (exact) mass is 323 g/mol. The van der Waals surface area contributed by atoms with E-state index in [1.165, 1.54) is 13.0 Å². The lowest BCUT2D eigenvalue weighted by atomic mass is 10.2. The van der Waals surface area contributed by atoms with Gasteiger partial charge in [0, 0.05) is 14.0 Å². The van der Waals surface area contributed by atoms with Crippen LogP contribution in [0, 0.1) is 5.82 Å². The van der Waals surface area contributed by atoms with E-state index < -0.39 is 5.82 Å². The Morgan fingerprint density at radius 2 is 2.00 bits per heavy atom. The predicted molar refractivity (Wildman–Crippen MR) is 79.1 cm³/mol. The quantitative estimate of drug-likeness (QED) is 0.644. The molecule has 2 amide bonds. The highest BCUT2D eigenvalue weighted by Crippen LogP contribution is 2.24. The molecule has 0 saturated heterocycles. The van der Waals surface area contributed by atoms with Crippen LogP contribution in [-0.2, 0) is 16.6 Å². The van der Waals surface area contributed by atoms with E-state index in [0.29, 0.717) is 16.5 Å². The number of nitrogens with zero attached hydrogens (tertiary/aromatic N) is 3. The molecule has 9 heteroatoms. The van der Waals surface area contributed by atoms with Crippen molar-refractivity contribution in [1.29, 1.82) is 0 Å². The summed E-state index contributed by atoms with van der Waals surface area (Å²) in [6, 6.07) is 6.26. The van der Waals surface area contributed by atoms with Crippen LogP contribution in [0.25, 0.3) is 11.4 Å². The summed E-state index contributed by atoms with van der Waals surface area (Å²) in [4.78, 5) is 22.2. The summed E-state index contributed by atoms with van der Waals surface area (Å²) in [5.41, 5.74) is 4.77. The van der Waals surface area contributed by atoms with Crippen molar-refractivity contribution in [3.8, 4) is 11.4 Å². The van der Waals surface area contributed by atoms with Gasteiger partial charge in [0.05, 0.1) is 11.3 Å². The molecule has 0 radical (unpaired) electrons. The smallest absolute Gasteiger partial charge is 0.248 e. The van der Waals surface area contributed by atoms with Gasteiger partial charge in [-0.25, -0.2) is 4.39 Å². The largest absolute Gasteiger partial charge is 0.305 e. The molecule has 0 unspecified atom stereocenters. The summed E-state index contributed by atoms with van der Waals surface area (Å²) >= 11 is 1.13. The van der Waals surface area contributed by atoms with Gasteiger partial charge in [-0.1, -0.05) is 23.9 Å². The summed E-state index contributed by atoms with van der Waals surface area (Å²) in [6.45, 7) is 1.29. The highest BCUT2D eigenvalue weighted by atomic mass is 32.2. The fraction of sp³-hybridized carbons (Fsp3) is 0.231. The van der Waals surface area contributed by atoms with Crippen LogP contribution in [0.4, 0.5) is 4.39 Å². The average molecular weight is 323 g/mol. The van der Waals surface area contributed by atoms with Crippen LogP contribution in [0.3, 0.4) is 0 Å². The maximum atomic E-state index is 13.8. The number of carbonyl (C=O) groups excluding carboxylic acids is 2. The molecule has 0 aliphatic carbocycles. The van der Waals surface area contributed by atoms with Crippen molar-refractivity contribution >= 4 is 23.6 Å². The molecule has 1 aromatic heterocycles. The zero-order valence-corrected chi connectivity index (χ0v) is 12.8. The van der Waals surface area contributed by atoms with Crippen molar-refractivity contribution < 1.29 is 14.0 Å². The van der Waals surface area contributed by atoms with Crippen LogP contribution in [0.5, 0.6) is 0 Å². The number of nitrogens with one attached hydrogen (secondary N) is 2. The molecule has 2 N–H and O–H groups in total. The summed E-state index contributed by atoms with van der Waals surface area (Å²) in [5.74, 6) is -0.709. The number of thioether (sulfide) groups is 1. The molecule has 22 heavy (non-hydrogen) atoms. The molecule has 2 rings (SSSR count). The first kappa shape index (κ1) is 16.0. The Morgan fingerprint density at radius 3 is 2.68 bits per heavy atom. The lowest BCUT2D eigenvalue weighted by molar-refractivity contribution is -0.126. The molecule has 0 spiro atoms. The van der Waals surface area contributed by atoms with Crippen molar-refractivity contribution in [2.24, 2.45) is 7.05 Å². The maximum absolute atomic E-state index is 13.8. The molecule has 1 heterocycles. The number of benzene rings is 1. The lowest BCUT2D eigenvalue weighted by Gasteiger charge is -2.06. The number of hydrazine groups is 1. The topological polar surface area (TPSA) is 88.9 Å². The number of carbonyl (C=O) groups is 2. The first-order valence-electron chi connectivity index (χ1n) is 6.31. The fourth-order valence-electron chi connectivity index (χ4n) is 1.64. The zero-order chi connectivity index (χ0) is 16.1. The van der Waals surface area contributed by atoms with Gasteiger partial charge in [0.25, 0.3) is 0 Å². The van der Waals surface area contributed by atoms with Gasteiger partial charge in [-0.15, -0.1) is 10.2 Å². The van der Waals surface area contributed by atoms with Gasteiger partial charge in [-0.05, 0) is 12.1 Å². The standard InChI is InChI=1S/C13H14FN5O2S/c1-8(20)15-16-11(21)7-22-13-18-17-12(19(13)2)9-5-3-4-6-10(9)14/h3-6H,7H2,1-2H3,(H,15,20)(H,16,21). The molecule has 0 fully saturated rings. The molecule has 0 bridgehead atoms. The zero-order valence-electron chi connectivity index (χ0n) is 12.0. The minimum absolute atomic E-state index is 0.0452. The van der Waals surface area contributed by atoms with Crippen molar-refractivity contribution in [2.45, 2.75) is 12.1 Å². The molecule has 0 atom stereocenters. The van der Waals surface area contributed by atoms with Gasteiger partial charge in [0.1, 0.15) is 5.82 Å². The van der Waals surface area contributed by atoms with Gasteiger partial charge < -0.3 is 4.57 Å². The van der Waals surface area contributed by atoms with E-state index in [4.69, 9.17) is 0 Å². The second-order valence-electron chi connectivity index (χ2n) is 4.36. The van der Waals surface area contributed by atoms with Gasteiger partial charge in [-0.2, -0.15) is 0 Å². The minimum atomic E-state index is -0.391.